The summed E-state index contributed by atoms with van der Waals surface area (Å²) in [5.41, 5.74) is 2.52. The topological polar surface area (TPSA) is 59.6 Å². The number of nitrogens with one attached hydrogen (secondary N) is 2. The minimum atomic E-state index is 0.489. The number of aromatic nitrogens is 2. The highest BCUT2D eigenvalue weighted by Crippen LogP contribution is 2.29. The van der Waals surface area contributed by atoms with E-state index in [-0.39, 0.29) is 0 Å². The van der Waals surface area contributed by atoms with Crippen LogP contribution in [-0.2, 0) is 6.54 Å². The van der Waals surface area contributed by atoms with Crippen LogP contribution in [0.15, 0.2) is 30.3 Å². The molecular weight excluding hydrogens is 466 g/mol. The zero-order valence-corrected chi connectivity index (χ0v) is 22.7. The van der Waals surface area contributed by atoms with Crippen molar-refractivity contribution in [2.24, 2.45) is 5.92 Å². The third kappa shape index (κ3) is 6.20. The van der Waals surface area contributed by atoms with Crippen molar-refractivity contribution in [3.63, 3.8) is 0 Å². The Balaban J connectivity index is 1.26. The molecular formula is C28H41N7S. The number of rotatable bonds is 6. The van der Waals surface area contributed by atoms with Gasteiger partial charge in [0.15, 0.2) is 5.11 Å². The summed E-state index contributed by atoms with van der Waals surface area (Å²) >= 11 is 5.65. The van der Waals surface area contributed by atoms with Gasteiger partial charge >= 0.3 is 0 Å². The lowest BCUT2D eigenvalue weighted by molar-refractivity contribution is 0.444. The van der Waals surface area contributed by atoms with E-state index in [4.69, 9.17) is 22.2 Å². The first kappa shape index (κ1) is 25.1. The third-order valence-electron chi connectivity index (χ3n) is 7.86. The van der Waals surface area contributed by atoms with E-state index >= 15 is 0 Å². The molecule has 3 saturated heterocycles. The highest BCUT2D eigenvalue weighted by Gasteiger charge is 2.24. The summed E-state index contributed by atoms with van der Waals surface area (Å²) in [5, 5.41) is 7.20. The van der Waals surface area contributed by atoms with E-state index in [1.807, 2.05) is 0 Å². The molecule has 2 N–H and O–H groups in total. The monoisotopic (exact) mass is 507 g/mol. The Labute approximate surface area is 221 Å². The van der Waals surface area contributed by atoms with Gasteiger partial charge in [-0.05, 0) is 87.7 Å². The minimum absolute atomic E-state index is 0.489. The number of hydrogen-bond acceptors (Lipinski definition) is 6. The predicted molar refractivity (Wildman–Crippen MR) is 154 cm³/mol. The summed E-state index contributed by atoms with van der Waals surface area (Å²) in [4.78, 5) is 17.1. The second kappa shape index (κ2) is 11.6. The quantitative estimate of drug-likeness (QED) is 0.519. The van der Waals surface area contributed by atoms with Crippen molar-refractivity contribution >= 4 is 40.6 Å². The molecule has 0 amide bonds. The molecule has 1 aromatic heterocycles. The number of benzene rings is 1. The Morgan fingerprint density at radius 2 is 1.61 bits per heavy atom. The molecule has 0 unspecified atom stereocenters. The summed E-state index contributed by atoms with van der Waals surface area (Å²) in [5.74, 6) is 3.28. The van der Waals surface area contributed by atoms with Crippen molar-refractivity contribution in [1.29, 1.82) is 0 Å². The molecule has 0 saturated carbocycles. The summed E-state index contributed by atoms with van der Waals surface area (Å²) in [7, 11) is 0. The smallest absolute Gasteiger partial charge is 0.232 e. The molecule has 2 aromatic rings. The molecule has 3 aliphatic heterocycles. The average molecular weight is 508 g/mol. The van der Waals surface area contributed by atoms with Crippen LogP contribution >= 0.6 is 12.2 Å². The van der Waals surface area contributed by atoms with E-state index < -0.39 is 0 Å². The van der Waals surface area contributed by atoms with Crippen molar-refractivity contribution in [2.75, 3.05) is 52.7 Å². The fourth-order valence-corrected chi connectivity index (χ4v) is 5.91. The first-order valence-electron chi connectivity index (χ1n) is 13.8. The molecule has 194 valence electrons. The molecule has 0 bridgehead atoms. The minimum Gasteiger partial charge on any atom is -0.372 e. The fraction of sp³-hybridized carbons (Fsp3) is 0.607. The predicted octanol–water partition coefficient (Wildman–Crippen LogP) is 5.18. The molecule has 36 heavy (non-hydrogen) atoms. The van der Waals surface area contributed by atoms with Crippen molar-refractivity contribution in [3.8, 4) is 0 Å². The van der Waals surface area contributed by atoms with Gasteiger partial charge < -0.3 is 25.3 Å². The molecule has 7 nitrogen and oxygen atoms in total. The maximum Gasteiger partial charge on any atom is 0.232 e. The van der Waals surface area contributed by atoms with Gasteiger partial charge in [0, 0.05) is 57.1 Å². The normalized spacial score (nSPS) is 22.6. The second-order valence-corrected chi connectivity index (χ2v) is 11.2. The zero-order chi connectivity index (χ0) is 24.9. The van der Waals surface area contributed by atoms with Gasteiger partial charge in [0.05, 0.1) is 0 Å². The van der Waals surface area contributed by atoms with Crippen LogP contribution in [0.1, 0.15) is 64.4 Å². The van der Waals surface area contributed by atoms with Crippen LogP contribution in [-0.4, -0.2) is 53.8 Å². The third-order valence-corrected chi connectivity index (χ3v) is 8.11. The maximum atomic E-state index is 5.65. The largest absolute Gasteiger partial charge is 0.372 e. The van der Waals surface area contributed by atoms with Crippen LogP contribution in [0.4, 0.5) is 23.3 Å². The molecule has 3 fully saturated rings. The van der Waals surface area contributed by atoms with Gasteiger partial charge in [0.2, 0.25) is 5.95 Å². The van der Waals surface area contributed by atoms with Gasteiger partial charge in [-0.3, -0.25) is 0 Å². The number of nitrogens with zero attached hydrogens (tertiary/aromatic N) is 5. The Morgan fingerprint density at radius 1 is 0.889 bits per heavy atom. The first-order chi connectivity index (χ1) is 17.5. The van der Waals surface area contributed by atoms with E-state index in [0.717, 1.165) is 31.3 Å². The van der Waals surface area contributed by atoms with E-state index in [1.54, 1.807) is 0 Å². The van der Waals surface area contributed by atoms with Gasteiger partial charge in [-0.25, -0.2) is 0 Å². The molecule has 5 rings (SSSR count). The lowest BCUT2D eigenvalue weighted by atomic mass is 10.0. The molecule has 0 spiro atoms. The molecule has 3 aliphatic rings. The van der Waals surface area contributed by atoms with Crippen molar-refractivity contribution < 1.29 is 0 Å². The van der Waals surface area contributed by atoms with Crippen molar-refractivity contribution in [3.05, 3.63) is 35.9 Å². The van der Waals surface area contributed by atoms with E-state index in [1.165, 1.54) is 69.3 Å². The van der Waals surface area contributed by atoms with E-state index in [9.17, 15) is 0 Å². The molecule has 8 heteroatoms. The molecule has 1 aromatic carbocycles. The van der Waals surface area contributed by atoms with E-state index in [2.05, 4.69) is 69.5 Å². The molecule has 2 atom stereocenters. The zero-order valence-electron chi connectivity index (χ0n) is 21.9. The molecule has 0 aliphatic carbocycles. The fourth-order valence-electron chi connectivity index (χ4n) is 5.75. The number of thiocarbonyl (C=S) groups is 1. The first-order valence-corrected chi connectivity index (χ1v) is 14.3. The Kier molecular flexibility index (Phi) is 8.09. The maximum absolute atomic E-state index is 5.65. The number of anilines is 4. The van der Waals surface area contributed by atoms with Crippen LogP contribution in [0.5, 0.6) is 0 Å². The van der Waals surface area contributed by atoms with Gasteiger partial charge in [-0.15, -0.1) is 0 Å². The Bertz CT molecular complexity index is 1020. The SMILES string of the molecule is C[C@@H]1CCCN(c2cc(N3CCCC[C@H]3C)nc(NC(=S)NCc3ccc(N4CCCC4)cc3)n2)C1. The Morgan fingerprint density at radius 3 is 2.36 bits per heavy atom. The lowest BCUT2D eigenvalue weighted by Crippen LogP contribution is -2.39. The van der Waals surface area contributed by atoms with Crippen LogP contribution in [0, 0.1) is 5.92 Å². The van der Waals surface area contributed by atoms with Gasteiger partial charge in [0.1, 0.15) is 11.6 Å². The number of hydrogen-bond donors (Lipinski definition) is 2. The summed E-state index contributed by atoms with van der Waals surface area (Å²) in [6.07, 6.45) is 8.79. The molecule has 0 radical (unpaired) electrons. The van der Waals surface area contributed by atoms with Gasteiger partial charge in [0.25, 0.3) is 0 Å². The van der Waals surface area contributed by atoms with Crippen LogP contribution in [0.3, 0.4) is 0 Å². The lowest BCUT2D eigenvalue weighted by Gasteiger charge is -2.36. The highest BCUT2D eigenvalue weighted by molar-refractivity contribution is 7.80. The average Bonchev–Trinajstić information content (AvgIpc) is 3.43. The van der Waals surface area contributed by atoms with Crippen LogP contribution < -0.4 is 25.3 Å². The van der Waals surface area contributed by atoms with E-state index in [0.29, 0.717) is 29.6 Å². The highest BCUT2D eigenvalue weighted by atomic mass is 32.1. The van der Waals surface area contributed by atoms with Crippen LogP contribution in [0.25, 0.3) is 0 Å². The standard InChI is InChI=1S/C28H41N7S/c1-21-8-7-16-34(20-21)25-18-26(35-17-4-3-9-22(35)2)31-27(30-25)32-28(36)29-19-23-10-12-24(13-11-23)33-14-5-6-15-33/h10-13,18,21-22H,3-9,14-17,19-20H2,1-2H3,(H2,29,30,31,32,36)/t21-,22-/m1/s1. The number of piperidine rings is 2. The van der Waals surface area contributed by atoms with Gasteiger partial charge in [-0.1, -0.05) is 19.1 Å². The second-order valence-electron chi connectivity index (χ2n) is 10.8. The molecule has 4 heterocycles. The van der Waals surface area contributed by atoms with Crippen LogP contribution in [0.2, 0.25) is 0 Å². The summed E-state index contributed by atoms with van der Waals surface area (Å²) in [6.45, 7) is 10.8. The van der Waals surface area contributed by atoms with Crippen molar-refractivity contribution in [2.45, 2.75) is 71.4 Å². The van der Waals surface area contributed by atoms with Gasteiger partial charge in [-0.2, -0.15) is 9.97 Å². The Hall–Kier alpha value is -2.61. The summed E-state index contributed by atoms with van der Waals surface area (Å²) in [6, 6.07) is 11.5. The summed E-state index contributed by atoms with van der Waals surface area (Å²) < 4.78 is 0. The van der Waals surface area contributed by atoms with Crippen molar-refractivity contribution in [1.82, 2.24) is 15.3 Å².